The number of rotatable bonds is 5. The number of aliphatic hydroxyl groups is 1. The molecule has 182 valence electrons. The summed E-state index contributed by atoms with van der Waals surface area (Å²) >= 11 is 0. The first-order valence-corrected chi connectivity index (χ1v) is 14.1. The third-order valence-electron chi connectivity index (χ3n) is 11.8. The third kappa shape index (κ3) is 3.48. The predicted octanol–water partition coefficient (Wildman–Crippen LogP) is 7.26. The van der Waals surface area contributed by atoms with Crippen LogP contribution in [0, 0.1) is 58.2 Å². The van der Waals surface area contributed by atoms with Gasteiger partial charge in [0.25, 0.3) is 0 Å². The Hall–Kier alpha value is -0.340. The number of hydrogen-bond acceptors (Lipinski definition) is 2. The van der Waals surface area contributed by atoms with Crippen molar-refractivity contribution in [3.05, 3.63) is 11.6 Å². The van der Waals surface area contributed by atoms with Gasteiger partial charge in [0.1, 0.15) is 0 Å². The van der Waals surface area contributed by atoms with Gasteiger partial charge in [0.05, 0.1) is 18.3 Å². The number of fused-ring (bicyclic) bond motifs is 5. The van der Waals surface area contributed by atoms with Gasteiger partial charge in [-0.05, 0) is 110 Å². The summed E-state index contributed by atoms with van der Waals surface area (Å²) < 4.78 is 6.47. The minimum Gasteiger partial charge on any atom is -0.393 e. The highest BCUT2D eigenvalue weighted by atomic mass is 16.6. The molecule has 2 nitrogen and oxygen atoms in total. The van der Waals surface area contributed by atoms with Gasteiger partial charge in [0, 0.05) is 0 Å². The van der Waals surface area contributed by atoms with Crippen molar-refractivity contribution in [3.8, 4) is 0 Å². The molecule has 4 fully saturated rings. The molecule has 2 heteroatoms. The number of ether oxygens (including phenoxy) is 1. The Morgan fingerprint density at radius 2 is 1.62 bits per heavy atom. The summed E-state index contributed by atoms with van der Waals surface area (Å²) in [6.07, 6.45) is 13.6. The lowest BCUT2D eigenvalue weighted by Gasteiger charge is -2.58. The number of epoxide rings is 1. The van der Waals surface area contributed by atoms with Crippen molar-refractivity contribution in [2.75, 3.05) is 0 Å². The standard InChI is InChI=1S/C30H50O2/c1-17(2)26(18(3)4)28-27(32-28)19(5)23-10-11-24-22-9-8-20-16-21(31)12-14-29(20,6)25(22)13-15-30(23,24)7/h8,17-19,21-28,31H,9-16H2,1-7H3/t19-,21-,22?,23+,24?,25?,27+,28+,29-,30+/m0/s1. The van der Waals surface area contributed by atoms with E-state index < -0.39 is 0 Å². The van der Waals surface area contributed by atoms with Crippen molar-refractivity contribution in [3.63, 3.8) is 0 Å². The maximum absolute atomic E-state index is 10.3. The average Bonchev–Trinajstić information content (AvgIpc) is 3.40. The van der Waals surface area contributed by atoms with Gasteiger partial charge in [-0.3, -0.25) is 0 Å². The molecule has 5 aliphatic rings. The van der Waals surface area contributed by atoms with Gasteiger partial charge in [-0.25, -0.2) is 0 Å². The van der Waals surface area contributed by atoms with E-state index in [4.69, 9.17) is 4.74 Å². The Bertz CT molecular complexity index is 731. The second kappa shape index (κ2) is 8.11. The molecule has 0 amide bonds. The van der Waals surface area contributed by atoms with Crippen LogP contribution in [0.5, 0.6) is 0 Å². The zero-order valence-corrected chi connectivity index (χ0v) is 21.9. The summed E-state index contributed by atoms with van der Waals surface area (Å²) in [6.45, 7) is 17.3. The van der Waals surface area contributed by atoms with E-state index in [9.17, 15) is 5.11 Å². The topological polar surface area (TPSA) is 32.8 Å². The van der Waals surface area contributed by atoms with E-state index in [1.165, 1.54) is 38.5 Å². The molecule has 0 aromatic rings. The first-order valence-electron chi connectivity index (χ1n) is 14.1. The fraction of sp³-hybridized carbons (Fsp3) is 0.933. The zero-order valence-electron chi connectivity index (χ0n) is 21.9. The summed E-state index contributed by atoms with van der Waals surface area (Å²) in [4.78, 5) is 0. The second-order valence-corrected chi connectivity index (χ2v) is 13.9. The van der Waals surface area contributed by atoms with Gasteiger partial charge in [-0.1, -0.05) is 60.1 Å². The Morgan fingerprint density at radius 1 is 0.906 bits per heavy atom. The molecule has 0 spiro atoms. The average molecular weight is 443 g/mol. The van der Waals surface area contributed by atoms with Crippen molar-refractivity contribution < 1.29 is 9.84 Å². The second-order valence-electron chi connectivity index (χ2n) is 13.9. The van der Waals surface area contributed by atoms with Crippen LogP contribution in [0.15, 0.2) is 11.6 Å². The Kier molecular flexibility index (Phi) is 5.93. The molecule has 1 heterocycles. The largest absolute Gasteiger partial charge is 0.393 e. The molecule has 0 aromatic heterocycles. The van der Waals surface area contributed by atoms with Gasteiger partial charge in [0.15, 0.2) is 0 Å². The molecule has 0 bridgehead atoms. The first kappa shape index (κ1) is 23.4. The first-order chi connectivity index (χ1) is 15.1. The van der Waals surface area contributed by atoms with Crippen LogP contribution >= 0.6 is 0 Å². The summed E-state index contributed by atoms with van der Waals surface area (Å²) in [7, 11) is 0. The van der Waals surface area contributed by atoms with Crippen LogP contribution in [-0.2, 0) is 4.74 Å². The van der Waals surface area contributed by atoms with Crippen molar-refractivity contribution in [1.29, 1.82) is 0 Å². The summed E-state index contributed by atoms with van der Waals surface area (Å²) in [6, 6.07) is 0. The maximum atomic E-state index is 10.3. The van der Waals surface area contributed by atoms with Crippen LogP contribution in [-0.4, -0.2) is 23.4 Å². The molecule has 1 aliphatic heterocycles. The fourth-order valence-corrected chi connectivity index (χ4v) is 10.2. The van der Waals surface area contributed by atoms with Crippen molar-refractivity contribution in [1.82, 2.24) is 0 Å². The molecule has 5 rings (SSSR count). The Morgan fingerprint density at radius 3 is 2.31 bits per heavy atom. The van der Waals surface area contributed by atoms with Crippen LogP contribution in [0.2, 0.25) is 0 Å². The molecular weight excluding hydrogens is 392 g/mol. The Labute approximate surface area is 198 Å². The van der Waals surface area contributed by atoms with Crippen LogP contribution in [0.25, 0.3) is 0 Å². The fourth-order valence-electron chi connectivity index (χ4n) is 10.2. The van der Waals surface area contributed by atoms with Gasteiger partial charge >= 0.3 is 0 Å². The van der Waals surface area contributed by atoms with E-state index in [2.05, 4.69) is 54.5 Å². The number of allylic oxidation sites excluding steroid dienone is 1. The van der Waals surface area contributed by atoms with Gasteiger partial charge in [-0.2, -0.15) is 0 Å². The molecular formula is C30H50O2. The summed E-state index contributed by atoms with van der Waals surface area (Å²) in [5.74, 6) is 6.24. The molecule has 0 aromatic carbocycles. The van der Waals surface area contributed by atoms with Crippen LogP contribution in [0.3, 0.4) is 0 Å². The van der Waals surface area contributed by atoms with Gasteiger partial charge in [-0.15, -0.1) is 0 Å². The molecule has 3 unspecified atom stereocenters. The molecule has 0 radical (unpaired) electrons. The predicted molar refractivity (Wildman–Crippen MR) is 132 cm³/mol. The smallest absolute Gasteiger partial charge is 0.0877 e. The highest BCUT2D eigenvalue weighted by Crippen LogP contribution is 2.68. The zero-order chi connectivity index (χ0) is 23.0. The van der Waals surface area contributed by atoms with E-state index in [1.54, 1.807) is 5.57 Å². The number of hydrogen-bond donors (Lipinski definition) is 1. The quantitative estimate of drug-likeness (QED) is 0.359. The monoisotopic (exact) mass is 442 g/mol. The highest BCUT2D eigenvalue weighted by molar-refractivity contribution is 5.25. The van der Waals surface area contributed by atoms with Crippen molar-refractivity contribution in [2.45, 2.75) is 118 Å². The number of aliphatic hydroxyl groups excluding tert-OH is 1. The molecule has 1 N–H and O–H groups in total. The van der Waals surface area contributed by atoms with E-state index in [0.717, 1.165) is 36.5 Å². The minimum absolute atomic E-state index is 0.0940. The van der Waals surface area contributed by atoms with Crippen LogP contribution in [0.1, 0.15) is 99.8 Å². The summed E-state index contributed by atoms with van der Waals surface area (Å²) in [5, 5.41) is 10.3. The lowest BCUT2D eigenvalue weighted by molar-refractivity contribution is -0.0582. The van der Waals surface area contributed by atoms with Crippen molar-refractivity contribution in [2.24, 2.45) is 58.2 Å². The van der Waals surface area contributed by atoms with Crippen LogP contribution in [0.4, 0.5) is 0 Å². The van der Waals surface area contributed by atoms with Gasteiger partial charge < -0.3 is 9.84 Å². The van der Waals surface area contributed by atoms with E-state index >= 15 is 0 Å². The molecule has 32 heavy (non-hydrogen) atoms. The van der Waals surface area contributed by atoms with E-state index in [-0.39, 0.29) is 6.10 Å². The van der Waals surface area contributed by atoms with E-state index in [1.807, 2.05) is 0 Å². The lowest BCUT2D eigenvalue weighted by atomic mass is 9.47. The lowest BCUT2D eigenvalue weighted by Crippen LogP contribution is -2.51. The molecule has 4 aliphatic carbocycles. The SMILES string of the molecule is CC(C)C(C(C)C)[C@H]1O[C@@H]1[C@@H](C)[C@H]1CCC2C3CC=C4C[C@@H](O)CC[C@]4(C)C3CC[C@@]21C. The van der Waals surface area contributed by atoms with Crippen molar-refractivity contribution >= 4 is 0 Å². The van der Waals surface area contributed by atoms with Crippen LogP contribution < -0.4 is 0 Å². The molecule has 1 saturated heterocycles. The highest BCUT2D eigenvalue weighted by Gasteiger charge is 2.62. The normalized spacial score (nSPS) is 49.0. The van der Waals surface area contributed by atoms with E-state index in [0.29, 0.717) is 46.7 Å². The third-order valence-corrected chi connectivity index (χ3v) is 11.8. The van der Waals surface area contributed by atoms with Gasteiger partial charge in [0.2, 0.25) is 0 Å². The molecule has 3 saturated carbocycles. The maximum Gasteiger partial charge on any atom is 0.0877 e. The summed E-state index contributed by atoms with van der Waals surface area (Å²) in [5.41, 5.74) is 2.46. The Balaban J connectivity index is 1.33. The molecule has 10 atom stereocenters. The minimum atomic E-state index is -0.0940.